The first-order valence-corrected chi connectivity index (χ1v) is 5.95. The van der Waals surface area contributed by atoms with E-state index in [9.17, 15) is 4.79 Å². The number of rotatable bonds is 1. The Morgan fingerprint density at radius 3 is 3.06 bits per heavy atom. The lowest BCUT2D eigenvalue weighted by atomic mass is 9.99. The maximum absolute atomic E-state index is 12.1. The van der Waals surface area contributed by atoms with Crippen molar-refractivity contribution in [3.05, 3.63) is 30.1 Å². The summed E-state index contributed by atoms with van der Waals surface area (Å²) in [6.07, 6.45) is 4.15. The average molecular weight is 239 g/mol. The molecule has 0 aliphatic carbocycles. The van der Waals surface area contributed by atoms with Gasteiger partial charge in [0.15, 0.2) is 0 Å². The fourth-order valence-electron chi connectivity index (χ4n) is 1.97. The van der Waals surface area contributed by atoms with Crippen molar-refractivity contribution >= 4 is 17.5 Å². The Balaban J connectivity index is 2.06. The largest absolute Gasteiger partial charge is 0.338 e. The quantitative estimate of drug-likeness (QED) is 0.703. The molecular weight excluding hydrogens is 224 g/mol. The second-order valence-electron chi connectivity index (χ2n) is 4.27. The maximum Gasteiger partial charge on any atom is 0.255 e. The van der Waals surface area contributed by atoms with E-state index < -0.39 is 0 Å². The van der Waals surface area contributed by atoms with E-state index in [0.717, 1.165) is 19.5 Å². The highest BCUT2D eigenvalue weighted by Gasteiger charge is 2.27. The zero-order chi connectivity index (χ0) is 11.5. The molecule has 0 spiro atoms. The third-order valence-electron chi connectivity index (χ3n) is 3.00. The molecule has 0 radical (unpaired) electrons. The summed E-state index contributed by atoms with van der Waals surface area (Å²) in [5, 5.41) is 0.193. The number of carbonyl (C=O) groups excluding carboxylic acids is 1. The Bertz CT molecular complexity index is 369. The summed E-state index contributed by atoms with van der Waals surface area (Å²) < 4.78 is 0. The zero-order valence-corrected chi connectivity index (χ0v) is 10.0. The van der Waals surface area contributed by atoms with E-state index in [4.69, 9.17) is 11.6 Å². The van der Waals surface area contributed by atoms with E-state index in [1.54, 1.807) is 24.5 Å². The third-order valence-corrected chi connectivity index (χ3v) is 3.64. The van der Waals surface area contributed by atoms with Crippen molar-refractivity contribution in [3.63, 3.8) is 0 Å². The number of nitrogens with zero attached hydrogens (tertiary/aromatic N) is 2. The molecule has 0 aromatic carbocycles. The van der Waals surface area contributed by atoms with Gasteiger partial charge in [-0.3, -0.25) is 9.78 Å². The zero-order valence-electron chi connectivity index (χ0n) is 9.27. The highest BCUT2D eigenvalue weighted by atomic mass is 35.5. The Labute approximate surface area is 100 Å². The molecule has 4 heteroatoms. The second kappa shape index (κ2) is 4.83. The number of piperidine rings is 1. The number of aromatic nitrogens is 1. The normalized spacial score (nSPS) is 25.5. The van der Waals surface area contributed by atoms with Crippen molar-refractivity contribution in [3.8, 4) is 0 Å². The molecule has 0 saturated carbocycles. The predicted octanol–water partition coefficient (Wildman–Crippen LogP) is 2.17. The first-order chi connectivity index (χ1) is 7.68. The van der Waals surface area contributed by atoms with Gasteiger partial charge in [0, 0.05) is 30.9 Å². The molecule has 1 saturated heterocycles. The molecule has 2 rings (SSSR count). The Kier molecular flexibility index (Phi) is 3.44. The minimum Gasteiger partial charge on any atom is -0.338 e. The van der Waals surface area contributed by atoms with Crippen LogP contribution in [0.4, 0.5) is 0 Å². The number of carbonyl (C=O) groups is 1. The van der Waals surface area contributed by atoms with Crippen LogP contribution in [0.1, 0.15) is 23.7 Å². The van der Waals surface area contributed by atoms with E-state index in [1.165, 1.54) is 0 Å². The van der Waals surface area contributed by atoms with Crippen molar-refractivity contribution in [1.82, 2.24) is 9.88 Å². The Morgan fingerprint density at radius 1 is 1.62 bits per heavy atom. The van der Waals surface area contributed by atoms with Gasteiger partial charge in [0.25, 0.3) is 5.91 Å². The fourth-order valence-corrected chi connectivity index (χ4v) is 2.15. The van der Waals surface area contributed by atoms with Crippen LogP contribution in [0.5, 0.6) is 0 Å². The molecule has 1 aromatic rings. The van der Waals surface area contributed by atoms with Gasteiger partial charge in [0.05, 0.1) is 5.56 Å². The maximum atomic E-state index is 12.1. The number of amides is 1. The van der Waals surface area contributed by atoms with Crippen LogP contribution in [0, 0.1) is 5.92 Å². The molecule has 0 N–H and O–H groups in total. The number of halogens is 1. The Hall–Kier alpha value is -1.09. The summed E-state index contributed by atoms with van der Waals surface area (Å²) in [6.45, 7) is 3.56. The predicted molar refractivity (Wildman–Crippen MR) is 63.6 cm³/mol. The molecule has 86 valence electrons. The van der Waals surface area contributed by atoms with Crippen LogP contribution in [0.25, 0.3) is 0 Å². The highest BCUT2D eigenvalue weighted by molar-refractivity contribution is 6.20. The number of hydrogen-bond donors (Lipinski definition) is 0. The van der Waals surface area contributed by atoms with Gasteiger partial charge in [-0.2, -0.15) is 0 Å². The summed E-state index contributed by atoms with van der Waals surface area (Å²) in [5.41, 5.74) is 0.655. The van der Waals surface area contributed by atoms with Crippen LogP contribution in [0.15, 0.2) is 24.5 Å². The van der Waals surface area contributed by atoms with Crippen molar-refractivity contribution in [2.75, 3.05) is 13.1 Å². The van der Waals surface area contributed by atoms with Crippen LogP contribution in [-0.4, -0.2) is 34.3 Å². The number of alkyl halides is 1. The third kappa shape index (κ3) is 2.35. The highest BCUT2D eigenvalue weighted by Crippen LogP contribution is 2.22. The van der Waals surface area contributed by atoms with Gasteiger partial charge in [-0.05, 0) is 24.5 Å². The lowest BCUT2D eigenvalue weighted by Crippen LogP contribution is -2.43. The van der Waals surface area contributed by atoms with Crippen LogP contribution in [-0.2, 0) is 0 Å². The van der Waals surface area contributed by atoms with Crippen LogP contribution < -0.4 is 0 Å². The van der Waals surface area contributed by atoms with Gasteiger partial charge >= 0.3 is 0 Å². The summed E-state index contributed by atoms with van der Waals surface area (Å²) in [4.78, 5) is 17.9. The topological polar surface area (TPSA) is 33.2 Å². The van der Waals surface area contributed by atoms with Gasteiger partial charge in [0.2, 0.25) is 0 Å². The van der Waals surface area contributed by atoms with Crippen LogP contribution in [0.2, 0.25) is 0 Å². The van der Waals surface area contributed by atoms with E-state index in [2.05, 4.69) is 11.9 Å². The molecule has 1 amide bonds. The minimum atomic E-state index is 0.0588. The number of likely N-dealkylation sites (tertiary alicyclic amines) is 1. The van der Waals surface area contributed by atoms with E-state index in [1.807, 2.05) is 4.90 Å². The standard InChI is InChI=1S/C12H15ClN2O/c1-9-8-15(6-4-11(9)13)12(16)10-3-2-5-14-7-10/h2-3,5,7,9,11H,4,6,8H2,1H3. The molecular formula is C12H15ClN2O. The average Bonchev–Trinajstić information content (AvgIpc) is 2.33. The summed E-state index contributed by atoms with van der Waals surface area (Å²) in [6, 6.07) is 3.58. The first kappa shape index (κ1) is 11.4. The van der Waals surface area contributed by atoms with Gasteiger partial charge in [-0.1, -0.05) is 6.92 Å². The first-order valence-electron chi connectivity index (χ1n) is 5.52. The van der Waals surface area contributed by atoms with Gasteiger partial charge in [-0.15, -0.1) is 11.6 Å². The van der Waals surface area contributed by atoms with Gasteiger partial charge < -0.3 is 4.90 Å². The summed E-state index contributed by atoms with van der Waals surface area (Å²) in [7, 11) is 0. The molecule has 1 fully saturated rings. The van der Waals surface area contributed by atoms with E-state index in [0.29, 0.717) is 11.5 Å². The van der Waals surface area contributed by atoms with Crippen molar-refractivity contribution < 1.29 is 4.79 Å². The lowest BCUT2D eigenvalue weighted by Gasteiger charge is -2.34. The minimum absolute atomic E-state index is 0.0588. The van der Waals surface area contributed by atoms with E-state index >= 15 is 0 Å². The number of hydrogen-bond acceptors (Lipinski definition) is 2. The van der Waals surface area contributed by atoms with Crippen molar-refractivity contribution in [2.24, 2.45) is 5.92 Å². The number of pyridine rings is 1. The molecule has 0 bridgehead atoms. The molecule has 1 aliphatic rings. The lowest BCUT2D eigenvalue weighted by molar-refractivity contribution is 0.0686. The second-order valence-corrected chi connectivity index (χ2v) is 4.84. The molecule has 2 unspecified atom stereocenters. The molecule has 1 aromatic heterocycles. The summed E-state index contributed by atoms with van der Waals surface area (Å²) >= 11 is 6.13. The van der Waals surface area contributed by atoms with Gasteiger partial charge in [0.1, 0.15) is 0 Å². The molecule has 16 heavy (non-hydrogen) atoms. The van der Waals surface area contributed by atoms with Crippen molar-refractivity contribution in [1.29, 1.82) is 0 Å². The van der Waals surface area contributed by atoms with Crippen LogP contribution in [0.3, 0.4) is 0 Å². The molecule has 3 nitrogen and oxygen atoms in total. The SMILES string of the molecule is CC1CN(C(=O)c2cccnc2)CCC1Cl. The van der Waals surface area contributed by atoms with Gasteiger partial charge in [-0.25, -0.2) is 0 Å². The van der Waals surface area contributed by atoms with Crippen molar-refractivity contribution in [2.45, 2.75) is 18.7 Å². The smallest absolute Gasteiger partial charge is 0.255 e. The monoisotopic (exact) mass is 238 g/mol. The molecule has 2 atom stereocenters. The Morgan fingerprint density at radius 2 is 2.44 bits per heavy atom. The summed E-state index contributed by atoms with van der Waals surface area (Å²) in [5.74, 6) is 0.416. The fraction of sp³-hybridized carbons (Fsp3) is 0.500. The van der Waals surface area contributed by atoms with E-state index in [-0.39, 0.29) is 11.3 Å². The molecule has 1 aliphatic heterocycles. The van der Waals surface area contributed by atoms with Crippen LogP contribution >= 0.6 is 11.6 Å². The molecule has 2 heterocycles.